The minimum Gasteiger partial charge on any atom is -0.252 e. The average molecular weight is 990 g/mol. The predicted octanol–water partition coefficient (Wildman–Crippen LogP) is 16.9. The van der Waals surface area contributed by atoms with Gasteiger partial charge in [-0.1, -0.05) is 103 Å². The van der Waals surface area contributed by atoms with E-state index < -0.39 is 0 Å². The van der Waals surface area contributed by atoms with Gasteiger partial charge in [-0.2, -0.15) is 0 Å². The molecule has 0 bridgehead atoms. The molecular weight excluding hydrogens is 955 g/mol. The average Bonchev–Trinajstić information content (AvgIpc) is 3.57. The van der Waals surface area contributed by atoms with Gasteiger partial charge in [0.05, 0.1) is 73.4 Å². The van der Waals surface area contributed by atoms with Gasteiger partial charge in [0.25, 0.3) is 0 Å². The predicted molar refractivity (Wildman–Crippen MR) is 320 cm³/mol. The summed E-state index contributed by atoms with van der Waals surface area (Å²) in [7, 11) is 0. The van der Waals surface area contributed by atoms with Crippen LogP contribution in [0.2, 0.25) is 0 Å². The van der Waals surface area contributed by atoms with Gasteiger partial charge in [-0.15, -0.1) is 0 Å². The molecule has 18 aromatic rings. The van der Waals surface area contributed by atoms with Crippen molar-refractivity contribution in [2.24, 2.45) is 0 Å². The zero-order chi connectivity index (χ0) is 50.7. The van der Waals surface area contributed by atoms with E-state index in [1.165, 1.54) is 10.8 Å². The highest BCUT2D eigenvalue weighted by Crippen LogP contribution is 2.42. The van der Waals surface area contributed by atoms with Crippen LogP contribution in [0.25, 0.3) is 186 Å². The zero-order valence-electron chi connectivity index (χ0n) is 41.2. The maximum Gasteiger partial charge on any atom is 0.118 e. The molecule has 0 atom stereocenters. The number of benzene rings is 13. The summed E-state index contributed by atoms with van der Waals surface area (Å²) in [6.07, 6.45) is 7.37. The lowest BCUT2D eigenvalue weighted by atomic mass is 9.93. The number of pyridine rings is 1. The van der Waals surface area contributed by atoms with Crippen LogP contribution in [0.1, 0.15) is 0 Å². The smallest absolute Gasteiger partial charge is 0.118 e. The molecule has 0 aliphatic heterocycles. The van der Waals surface area contributed by atoms with Gasteiger partial charge >= 0.3 is 0 Å². The summed E-state index contributed by atoms with van der Waals surface area (Å²) in [5.74, 6) is 0. The molecule has 18 rings (SSSR count). The van der Waals surface area contributed by atoms with Crippen molar-refractivity contribution in [3.63, 3.8) is 0 Å². The van der Waals surface area contributed by atoms with E-state index >= 15 is 0 Å². The van der Waals surface area contributed by atoms with E-state index in [1.54, 1.807) is 12.4 Å². The number of para-hydroxylation sites is 3. The summed E-state index contributed by atoms with van der Waals surface area (Å²) in [6, 6.07) is 66.6. The third kappa shape index (κ3) is 5.97. The van der Waals surface area contributed by atoms with E-state index in [2.05, 4.69) is 158 Å². The summed E-state index contributed by atoms with van der Waals surface area (Å²) >= 11 is 0. The maximum absolute atomic E-state index is 5.49. The topological polar surface area (TPSA) is 116 Å². The molecule has 0 spiro atoms. The van der Waals surface area contributed by atoms with Crippen LogP contribution < -0.4 is 0 Å². The molecule has 0 saturated heterocycles. The van der Waals surface area contributed by atoms with Crippen molar-refractivity contribution >= 4 is 163 Å². The normalized spacial score (nSPS) is 12.4. The van der Waals surface area contributed by atoms with Crippen LogP contribution in [0, 0.1) is 0 Å². The van der Waals surface area contributed by atoms with E-state index in [-0.39, 0.29) is 0 Å². The van der Waals surface area contributed by atoms with Crippen molar-refractivity contribution in [1.82, 2.24) is 44.9 Å². The molecule has 0 radical (unpaired) electrons. The van der Waals surface area contributed by atoms with Gasteiger partial charge in [0.15, 0.2) is 0 Å². The van der Waals surface area contributed by atoms with Gasteiger partial charge in [0.2, 0.25) is 0 Å². The molecule has 0 aliphatic rings. The lowest BCUT2D eigenvalue weighted by Gasteiger charge is -2.14. The van der Waals surface area contributed by atoms with E-state index in [4.69, 9.17) is 44.9 Å². The molecule has 0 saturated carbocycles. The second-order valence-corrected chi connectivity index (χ2v) is 20.6. The first kappa shape index (κ1) is 41.6. The summed E-state index contributed by atoms with van der Waals surface area (Å²) in [6.45, 7) is 0. The molecular formula is C69H35N9. The second-order valence-electron chi connectivity index (χ2n) is 20.6. The van der Waals surface area contributed by atoms with E-state index in [1.807, 2.05) is 42.7 Å². The molecule has 0 fully saturated rings. The maximum atomic E-state index is 5.49. The van der Waals surface area contributed by atoms with Crippen molar-refractivity contribution in [2.75, 3.05) is 0 Å². The standard InChI is InChI=1S/C69H35N9/c1-2-10-37-26-50-47(25-36(37)9-1)48-32-45-23-43(19-17-40(45)29-51(48)62-61(50)70-21-22-71-62)59-34-72-63-52-30-41-18-20-44(24-46(41)33-49(52)53-31-42-13-5-6-14-56(42)74-65(53)67(63)77-59)60-35-73-64-54-27-38-11-3-4-12-39(38)28-55(54)66-69(68(64)78-60)76-58-16-8-7-15-57(58)75-66/h1-35H. The molecule has 0 N–H and O–H groups in total. The lowest BCUT2D eigenvalue weighted by molar-refractivity contribution is 1.30. The van der Waals surface area contributed by atoms with Crippen LogP contribution in [-0.4, -0.2) is 44.9 Å². The van der Waals surface area contributed by atoms with Crippen LogP contribution in [0.5, 0.6) is 0 Å². The molecule has 9 nitrogen and oxygen atoms in total. The zero-order valence-corrected chi connectivity index (χ0v) is 41.2. The quantitative estimate of drug-likeness (QED) is 0.123. The number of aromatic nitrogens is 9. The number of hydrogen-bond acceptors (Lipinski definition) is 9. The highest BCUT2D eigenvalue weighted by Gasteiger charge is 2.20. The van der Waals surface area contributed by atoms with Gasteiger partial charge in [-0.3, -0.25) is 19.9 Å². The van der Waals surface area contributed by atoms with Crippen LogP contribution in [0.4, 0.5) is 0 Å². The number of hydrogen-bond donors (Lipinski definition) is 0. The van der Waals surface area contributed by atoms with Gasteiger partial charge in [0, 0.05) is 61.2 Å². The molecule has 5 aromatic heterocycles. The minimum atomic E-state index is 0.721. The molecule has 356 valence electrons. The van der Waals surface area contributed by atoms with Crippen LogP contribution in [0.15, 0.2) is 213 Å². The first-order valence-electron chi connectivity index (χ1n) is 26.1. The Bertz CT molecular complexity index is 5780. The highest BCUT2D eigenvalue weighted by molar-refractivity contribution is 6.29. The Morgan fingerprint density at radius 2 is 0.526 bits per heavy atom. The van der Waals surface area contributed by atoms with Crippen molar-refractivity contribution < 1.29 is 0 Å². The van der Waals surface area contributed by atoms with Gasteiger partial charge in [0.1, 0.15) is 16.6 Å². The molecule has 13 aromatic carbocycles. The lowest BCUT2D eigenvalue weighted by Crippen LogP contribution is -1.96. The summed E-state index contributed by atoms with van der Waals surface area (Å²) in [4.78, 5) is 46.9. The van der Waals surface area contributed by atoms with Gasteiger partial charge in [-0.25, -0.2) is 24.9 Å². The van der Waals surface area contributed by atoms with Crippen molar-refractivity contribution in [2.45, 2.75) is 0 Å². The monoisotopic (exact) mass is 989 g/mol. The Morgan fingerprint density at radius 1 is 0.205 bits per heavy atom. The van der Waals surface area contributed by atoms with Crippen molar-refractivity contribution in [3.05, 3.63) is 213 Å². The highest BCUT2D eigenvalue weighted by atomic mass is 14.9. The van der Waals surface area contributed by atoms with Crippen LogP contribution in [-0.2, 0) is 0 Å². The molecule has 0 amide bonds. The Morgan fingerprint density at radius 3 is 1.05 bits per heavy atom. The van der Waals surface area contributed by atoms with Crippen LogP contribution in [0.3, 0.4) is 0 Å². The van der Waals surface area contributed by atoms with Gasteiger partial charge < -0.3 is 0 Å². The first-order chi connectivity index (χ1) is 38.6. The fraction of sp³-hybridized carbons (Fsp3) is 0. The Labute approximate surface area is 441 Å². The number of rotatable bonds is 2. The summed E-state index contributed by atoms with van der Waals surface area (Å²) in [5.41, 5.74) is 13.2. The Balaban J connectivity index is 0.813. The van der Waals surface area contributed by atoms with Crippen molar-refractivity contribution in [3.8, 4) is 22.5 Å². The summed E-state index contributed by atoms with van der Waals surface area (Å²) in [5, 5.41) is 19.6. The Kier molecular flexibility index (Phi) is 8.21. The number of nitrogens with zero attached hydrogens (tertiary/aromatic N) is 9. The second kappa shape index (κ2) is 15.4. The van der Waals surface area contributed by atoms with E-state index in [0.717, 1.165) is 175 Å². The van der Waals surface area contributed by atoms with Crippen molar-refractivity contribution in [1.29, 1.82) is 0 Å². The third-order valence-electron chi connectivity index (χ3n) is 16.2. The third-order valence-corrected chi connectivity index (χ3v) is 16.2. The minimum absolute atomic E-state index is 0.721. The largest absolute Gasteiger partial charge is 0.252 e. The van der Waals surface area contributed by atoms with Crippen LogP contribution >= 0.6 is 0 Å². The summed E-state index contributed by atoms with van der Waals surface area (Å²) < 4.78 is 0. The number of fused-ring (bicyclic) bond motifs is 24. The molecule has 5 heterocycles. The first-order valence-corrected chi connectivity index (χ1v) is 26.1. The van der Waals surface area contributed by atoms with Gasteiger partial charge in [-0.05, 0) is 144 Å². The van der Waals surface area contributed by atoms with E-state index in [9.17, 15) is 0 Å². The van der Waals surface area contributed by atoms with E-state index in [0.29, 0.717) is 0 Å². The molecule has 9 heteroatoms. The fourth-order valence-electron chi connectivity index (χ4n) is 12.4. The molecule has 78 heavy (non-hydrogen) atoms. The molecule has 0 aliphatic carbocycles. The molecule has 0 unspecified atom stereocenters. The SMILES string of the molecule is c1ccc2cc3c(cc2c1)c1cc2cc(-c4cnc5c6cc7ccc(-c8cnc9c%10cc%11ccccc%11cc%10c%10nc%11ccccc%11nc%10c9n8)cc7cc6c6cc7ccccc7nc6c5n4)ccc2cc1c1nccnc31. The Hall–Kier alpha value is -10.8. The fourth-order valence-corrected chi connectivity index (χ4v) is 12.4.